The largest absolute Gasteiger partial charge is 0.326 e. The Morgan fingerprint density at radius 3 is 2.83 bits per heavy atom. The first-order valence-corrected chi connectivity index (χ1v) is 9.32. The van der Waals surface area contributed by atoms with Crippen molar-refractivity contribution in [1.29, 1.82) is 0 Å². The van der Waals surface area contributed by atoms with Crippen LogP contribution in [0.1, 0.15) is 17.0 Å². The Balaban J connectivity index is 1.87. The van der Waals surface area contributed by atoms with E-state index >= 15 is 0 Å². The maximum atomic E-state index is 12.4. The highest BCUT2D eigenvalue weighted by Crippen LogP contribution is 2.19. The third kappa shape index (κ3) is 3.44. The van der Waals surface area contributed by atoms with Gasteiger partial charge >= 0.3 is 0 Å². The lowest BCUT2D eigenvalue weighted by atomic mass is 10.1. The normalized spacial score (nSPS) is 11.0. The molecule has 0 saturated carbocycles. The molecule has 0 aliphatic carbocycles. The van der Waals surface area contributed by atoms with E-state index in [0.717, 1.165) is 27.1 Å². The number of rotatable bonds is 4. The number of halogens is 1. The molecule has 0 aliphatic rings. The summed E-state index contributed by atoms with van der Waals surface area (Å²) in [6.45, 7) is 3.82. The maximum Gasteiger partial charge on any atom is 0.253 e. The molecule has 3 aromatic rings. The monoisotopic (exact) mass is 405 g/mol. The van der Waals surface area contributed by atoms with Crippen molar-refractivity contribution in [3.63, 3.8) is 0 Å². The quantitative estimate of drug-likeness (QED) is 0.673. The second-order valence-corrected chi connectivity index (χ2v) is 7.00. The average molecular weight is 406 g/mol. The lowest BCUT2D eigenvalue weighted by Gasteiger charge is -2.11. The summed E-state index contributed by atoms with van der Waals surface area (Å²) in [5.74, 6) is 0.469. The number of benzene rings is 1. The minimum atomic E-state index is -0.0920. The molecule has 0 aliphatic heterocycles. The van der Waals surface area contributed by atoms with Gasteiger partial charge in [0.2, 0.25) is 11.1 Å². The molecule has 1 aromatic carbocycles. The number of carbonyl (C=O) groups is 1. The highest BCUT2D eigenvalue weighted by Gasteiger charge is 2.16. The summed E-state index contributed by atoms with van der Waals surface area (Å²) in [5.41, 5.74) is 3.30. The van der Waals surface area contributed by atoms with E-state index in [1.807, 2.05) is 44.4 Å². The zero-order valence-corrected chi connectivity index (χ0v) is 15.9. The van der Waals surface area contributed by atoms with E-state index < -0.39 is 0 Å². The molecule has 0 bridgehead atoms. The Bertz CT molecular complexity index is 924. The molecular formula is C16H16BrN5OS. The molecule has 3 rings (SSSR count). The van der Waals surface area contributed by atoms with Gasteiger partial charge in [0.05, 0.1) is 6.42 Å². The molecule has 124 valence electrons. The number of anilines is 1. The van der Waals surface area contributed by atoms with Gasteiger partial charge in [-0.05, 0) is 38.3 Å². The Hall–Kier alpha value is -1.93. The van der Waals surface area contributed by atoms with Gasteiger partial charge in [0, 0.05) is 27.1 Å². The van der Waals surface area contributed by atoms with Gasteiger partial charge in [0.15, 0.2) is 0 Å². The van der Waals surface area contributed by atoms with Crippen molar-refractivity contribution in [2.24, 2.45) is 0 Å². The lowest BCUT2D eigenvalue weighted by molar-refractivity contribution is -0.115. The number of carbonyl (C=O) groups excluding carboxylic acids is 1. The van der Waals surface area contributed by atoms with Crippen LogP contribution in [0.25, 0.3) is 5.78 Å². The van der Waals surface area contributed by atoms with Crippen LogP contribution >= 0.6 is 27.7 Å². The molecule has 1 amide bonds. The third-order valence-electron chi connectivity index (χ3n) is 3.66. The van der Waals surface area contributed by atoms with Crippen molar-refractivity contribution >= 4 is 45.1 Å². The lowest BCUT2D eigenvalue weighted by Crippen LogP contribution is -2.17. The molecule has 0 spiro atoms. The number of nitrogens with one attached hydrogen (secondary N) is 1. The molecule has 0 fully saturated rings. The topological polar surface area (TPSA) is 72.2 Å². The summed E-state index contributed by atoms with van der Waals surface area (Å²) in [6.07, 6.45) is 2.16. The minimum absolute atomic E-state index is 0.0920. The van der Waals surface area contributed by atoms with E-state index in [9.17, 15) is 4.79 Å². The van der Waals surface area contributed by atoms with Crippen molar-refractivity contribution in [1.82, 2.24) is 19.6 Å². The number of hydrogen-bond donors (Lipinski definition) is 1. The van der Waals surface area contributed by atoms with Crippen LogP contribution in [-0.4, -0.2) is 31.7 Å². The Labute approximate surface area is 152 Å². The molecule has 0 radical (unpaired) electrons. The predicted octanol–water partition coefficient (Wildman–Crippen LogP) is 3.41. The van der Waals surface area contributed by atoms with Gasteiger partial charge in [-0.1, -0.05) is 33.8 Å². The first kappa shape index (κ1) is 16.9. The number of fused-ring (bicyclic) bond motifs is 1. The van der Waals surface area contributed by atoms with Gasteiger partial charge in [0.1, 0.15) is 0 Å². The standard InChI is InChI=1S/C16H16BrN5OS/c1-9-13(8-14(23)19-12-6-4-5-11(17)7-12)10(2)22-15(18-9)20-16(21-22)24-3/h4-7H,8H2,1-3H3,(H,19,23). The molecule has 2 heterocycles. The SMILES string of the molecule is CSc1nc2nc(C)c(CC(=O)Nc3cccc(Br)c3)c(C)n2n1. The third-order valence-corrected chi connectivity index (χ3v) is 4.69. The summed E-state index contributed by atoms with van der Waals surface area (Å²) in [5, 5.41) is 7.97. The first-order chi connectivity index (χ1) is 11.5. The number of thioether (sulfide) groups is 1. The molecule has 2 aromatic heterocycles. The van der Waals surface area contributed by atoms with Crippen LogP contribution in [0.2, 0.25) is 0 Å². The van der Waals surface area contributed by atoms with Gasteiger partial charge < -0.3 is 5.32 Å². The van der Waals surface area contributed by atoms with Crippen LogP contribution in [0, 0.1) is 13.8 Å². The second-order valence-electron chi connectivity index (χ2n) is 5.31. The average Bonchev–Trinajstić information content (AvgIpc) is 2.94. The van der Waals surface area contributed by atoms with Gasteiger partial charge in [-0.25, -0.2) is 9.50 Å². The molecule has 1 N–H and O–H groups in total. The van der Waals surface area contributed by atoms with Crippen molar-refractivity contribution in [2.75, 3.05) is 11.6 Å². The van der Waals surface area contributed by atoms with Crippen LogP contribution in [0.5, 0.6) is 0 Å². The van der Waals surface area contributed by atoms with Gasteiger partial charge in [0.25, 0.3) is 5.78 Å². The number of nitrogens with zero attached hydrogens (tertiary/aromatic N) is 4. The maximum absolute atomic E-state index is 12.4. The molecular weight excluding hydrogens is 390 g/mol. The highest BCUT2D eigenvalue weighted by atomic mass is 79.9. The van der Waals surface area contributed by atoms with Crippen molar-refractivity contribution in [3.8, 4) is 0 Å². The fourth-order valence-corrected chi connectivity index (χ4v) is 3.20. The van der Waals surface area contributed by atoms with E-state index in [4.69, 9.17) is 0 Å². The van der Waals surface area contributed by atoms with Crippen LogP contribution < -0.4 is 5.32 Å². The van der Waals surface area contributed by atoms with E-state index in [2.05, 4.69) is 36.3 Å². The van der Waals surface area contributed by atoms with Crippen molar-refractivity contribution in [2.45, 2.75) is 25.4 Å². The van der Waals surface area contributed by atoms with Crippen LogP contribution in [0.15, 0.2) is 33.9 Å². The summed E-state index contributed by atoms with van der Waals surface area (Å²) >= 11 is 4.86. The molecule has 8 heteroatoms. The molecule has 24 heavy (non-hydrogen) atoms. The van der Waals surface area contributed by atoms with E-state index in [-0.39, 0.29) is 12.3 Å². The number of hydrogen-bond acceptors (Lipinski definition) is 5. The molecule has 0 unspecified atom stereocenters. The van der Waals surface area contributed by atoms with E-state index in [1.54, 1.807) is 4.52 Å². The van der Waals surface area contributed by atoms with Gasteiger partial charge in [-0.15, -0.1) is 5.10 Å². The molecule has 0 atom stereocenters. The predicted molar refractivity (Wildman–Crippen MR) is 98.5 cm³/mol. The number of amides is 1. The van der Waals surface area contributed by atoms with Crippen molar-refractivity contribution in [3.05, 3.63) is 45.7 Å². The minimum Gasteiger partial charge on any atom is -0.326 e. The van der Waals surface area contributed by atoms with Gasteiger partial charge in [-0.3, -0.25) is 4.79 Å². The zero-order chi connectivity index (χ0) is 17.3. The Kier molecular flexibility index (Phi) is 4.86. The smallest absolute Gasteiger partial charge is 0.253 e. The summed E-state index contributed by atoms with van der Waals surface area (Å²) < 4.78 is 2.61. The van der Waals surface area contributed by atoms with E-state index in [0.29, 0.717) is 10.9 Å². The first-order valence-electron chi connectivity index (χ1n) is 7.30. The summed E-state index contributed by atoms with van der Waals surface area (Å²) in [7, 11) is 0. The van der Waals surface area contributed by atoms with Crippen molar-refractivity contribution < 1.29 is 4.79 Å². The Morgan fingerprint density at radius 2 is 2.12 bits per heavy atom. The van der Waals surface area contributed by atoms with Crippen LogP contribution in [0.4, 0.5) is 5.69 Å². The fraction of sp³-hybridized carbons (Fsp3) is 0.250. The zero-order valence-electron chi connectivity index (χ0n) is 13.5. The summed E-state index contributed by atoms with van der Waals surface area (Å²) in [4.78, 5) is 21.2. The van der Waals surface area contributed by atoms with E-state index in [1.165, 1.54) is 11.8 Å². The van der Waals surface area contributed by atoms with Crippen LogP contribution in [0.3, 0.4) is 0 Å². The van der Waals surface area contributed by atoms with Crippen LogP contribution in [-0.2, 0) is 11.2 Å². The number of aryl methyl sites for hydroxylation is 2. The summed E-state index contributed by atoms with van der Waals surface area (Å²) in [6, 6.07) is 7.51. The fourth-order valence-electron chi connectivity index (χ4n) is 2.46. The second kappa shape index (κ2) is 6.90. The Morgan fingerprint density at radius 1 is 1.33 bits per heavy atom. The van der Waals surface area contributed by atoms with Gasteiger partial charge in [-0.2, -0.15) is 4.98 Å². The molecule has 6 nitrogen and oxygen atoms in total. The number of aromatic nitrogens is 4. The molecule has 0 saturated heterocycles. The highest BCUT2D eigenvalue weighted by molar-refractivity contribution is 9.10.